The largest absolute Gasteiger partial charge is 0.493 e. The number of pyridine rings is 1. The van der Waals surface area contributed by atoms with E-state index in [-0.39, 0.29) is 42.3 Å². The van der Waals surface area contributed by atoms with Gasteiger partial charge in [0, 0.05) is 60.5 Å². The number of aliphatic carboxylic acids is 1. The number of Topliss-reactive ketones (excluding diaryl/α,β-unsaturated/α-hetero) is 1. The van der Waals surface area contributed by atoms with Crippen LogP contribution in [-0.2, 0) is 11.3 Å². The quantitative estimate of drug-likeness (QED) is 0.338. The third-order valence-electron chi connectivity index (χ3n) is 6.72. The van der Waals surface area contributed by atoms with Gasteiger partial charge in [-0.3, -0.25) is 15.0 Å². The van der Waals surface area contributed by atoms with Gasteiger partial charge in [0.25, 0.3) is 0 Å². The molecule has 0 spiro atoms. The second-order valence-electron chi connectivity index (χ2n) is 9.40. The summed E-state index contributed by atoms with van der Waals surface area (Å²) in [6.45, 7) is 2.79. The highest BCUT2D eigenvalue weighted by Crippen LogP contribution is 2.39. The predicted octanol–water partition coefficient (Wildman–Crippen LogP) is 4.40. The number of carbonyl (C=O) groups excluding carboxylic acids is 1. The number of carboxylic acid groups (broad SMARTS) is 1. The van der Waals surface area contributed by atoms with Gasteiger partial charge in [0.05, 0.1) is 13.2 Å². The summed E-state index contributed by atoms with van der Waals surface area (Å²) in [5.41, 5.74) is 4.25. The molecule has 0 bridgehead atoms. The Labute approximate surface area is 215 Å². The van der Waals surface area contributed by atoms with E-state index in [1.54, 1.807) is 11.0 Å². The number of fused-ring (bicyclic) bond motifs is 1. The van der Waals surface area contributed by atoms with Crippen molar-refractivity contribution < 1.29 is 19.4 Å². The molecule has 2 N–H and O–H groups in total. The van der Waals surface area contributed by atoms with Crippen LogP contribution in [0.2, 0.25) is 0 Å². The molecule has 3 aliphatic rings. The zero-order valence-corrected chi connectivity index (χ0v) is 21.4. The maximum atomic E-state index is 13.3. The molecule has 1 aromatic heterocycles. The fraction of sp³-hybridized carbons (Fsp3) is 0.462. The Bertz CT molecular complexity index is 1130. The third-order valence-corrected chi connectivity index (χ3v) is 6.72. The zero-order chi connectivity index (χ0) is 23.7. The van der Waals surface area contributed by atoms with Crippen molar-refractivity contribution >= 4 is 40.3 Å². The molecule has 1 aliphatic carbocycles. The standard InChI is InChI=1S/C26H30N4O4.BrH/c27-26-25-18(7-8-22(28-25)17-5-6-17)15-30(26)16-23(31)19-12-20(29-9-1-2-10-29)14-21(13-19)34-11-3-4-24(32)33;/h7-8,12-14,17,27H,1-6,9-11,15-16H2,(H,32,33);1H. The molecule has 35 heavy (non-hydrogen) atoms. The van der Waals surface area contributed by atoms with Crippen LogP contribution >= 0.6 is 17.0 Å². The van der Waals surface area contributed by atoms with Crippen LogP contribution in [0.25, 0.3) is 0 Å². The number of halogens is 1. The highest BCUT2D eigenvalue weighted by Gasteiger charge is 2.31. The summed E-state index contributed by atoms with van der Waals surface area (Å²) in [6.07, 6.45) is 5.01. The van der Waals surface area contributed by atoms with Gasteiger partial charge in [-0.25, -0.2) is 4.98 Å². The zero-order valence-electron chi connectivity index (χ0n) is 19.7. The van der Waals surface area contributed by atoms with Crippen LogP contribution in [0.15, 0.2) is 30.3 Å². The van der Waals surface area contributed by atoms with E-state index in [1.165, 1.54) is 0 Å². The first-order chi connectivity index (χ1) is 16.5. The molecule has 9 heteroatoms. The third kappa shape index (κ3) is 5.83. The lowest BCUT2D eigenvalue weighted by molar-refractivity contribution is -0.137. The van der Waals surface area contributed by atoms with E-state index in [1.807, 2.05) is 18.2 Å². The minimum absolute atomic E-state index is 0. The van der Waals surface area contributed by atoms with E-state index >= 15 is 0 Å². The maximum absolute atomic E-state index is 13.3. The van der Waals surface area contributed by atoms with Crippen LogP contribution in [0.5, 0.6) is 5.75 Å². The highest BCUT2D eigenvalue weighted by atomic mass is 79.9. The molecule has 1 saturated carbocycles. The molecule has 3 heterocycles. The number of amidine groups is 1. The van der Waals surface area contributed by atoms with Crippen molar-refractivity contribution in [3.8, 4) is 5.75 Å². The molecule has 0 atom stereocenters. The molecular formula is C26H31BrN4O4. The Morgan fingerprint density at radius 2 is 1.91 bits per heavy atom. The number of ether oxygens (including phenoxy) is 1. The molecule has 1 aromatic carbocycles. The number of nitrogens with zero attached hydrogens (tertiary/aromatic N) is 3. The SMILES string of the molecule is Br.N=C1c2nc(C3CC3)ccc2CN1CC(=O)c1cc(OCCCC(=O)O)cc(N2CCCC2)c1. The van der Waals surface area contributed by atoms with Gasteiger partial charge in [0.1, 0.15) is 17.3 Å². The topological polar surface area (TPSA) is 107 Å². The van der Waals surface area contributed by atoms with Crippen molar-refractivity contribution in [2.75, 3.05) is 31.1 Å². The van der Waals surface area contributed by atoms with Crippen molar-refractivity contribution in [1.82, 2.24) is 9.88 Å². The van der Waals surface area contributed by atoms with Crippen LogP contribution in [0.1, 0.15) is 71.8 Å². The lowest BCUT2D eigenvalue weighted by Crippen LogP contribution is -2.30. The number of anilines is 1. The molecule has 0 radical (unpaired) electrons. The van der Waals surface area contributed by atoms with Crippen molar-refractivity contribution in [2.24, 2.45) is 0 Å². The summed E-state index contributed by atoms with van der Waals surface area (Å²) in [5, 5.41) is 17.4. The van der Waals surface area contributed by atoms with E-state index in [2.05, 4.69) is 11.0 Å². The Balaban J connectivity index is 0.00000289. The molecule has 8 nitrogen and oxygen atoms in total. The summed E-state index contributed by atoms with van der Waals surface area (Å²) in [5.74, 6) is 0.492. The van der Waals surface area contributed by atoms with Gasteiger partial charge in [-0.2, -0.15) is 0 Å². The Morgan fingerprint density at radius 1 is 1.14 bits per heavy atom. The molecule has 2 aliphatic heterocycles. The minimum Gasteiger partial charge on any atom is -0.493 e. The summed E-state index contributed by atoms with van der Waals surface area (Å²) in [7, 11) is 0. The molecule has 1 saturated heterocycles. The van der Waals surface area contributed by atoms with Gasteiger partial charge in [0.2, 0.25) is 0 Å². The average Bonchev–Trinajstić information content (AvgIpc) is 3.44. The Hall–Kier alpha value is -2.94. The first-order valence-corrected chi connectivity index (χ1v) is 12.1. The fourth-order valence-electron chi connectivity index (χ4n) is 4.68. The molecule has 2 aromatic rings. The van der Waals surface area contributed by atoms with Gasteiger partial charge in [-0.1, -0.05) is 6.07 Å². The number of hydrogen-bond donors (Lipinski definition) is 2. The number of ketones is 1. The summed E-state index contributed by atoms with van der Waals surface area (Å²) in [6, 6.07) is 9.68. The van der Waals surface area contributed by atoms with E-state index in [0.29, 0.717) is 41.7 Å². The lowest BCUT2D eigenvalue weighted by atomic mass is 10.1. The Morgan fingerprint density at radius 3 is 2.63 bits per heavy atom. The normalized spacial score (nSPS) is 16.7. The van der Waals surface area contributed by atoms with Crippen LogP contribution in [-0.4, -0.2) is 58.8 Å². The lowest BCUT2D eigenvalue weighted by Gasteiger charge is -2.21. The molecular weight excluding hydrogens is 512 g/mol. The molecule has 5 rings (SSSR count). The number of hydrogen-bond acceptors (Lipinski definition) is 6. The second-order valence-corrected chi connectivity index (χ2v) is 9.40. The molecule has 0 unspecified atom stereocenters. The van der Waals surface area contributed by atoms with Crippen molar-refractivity contribution in [3.63, 3.8) is 0 Å². The van der Waals surface area contributed by atoms with E-state index in [9.17, 15) is 9.59 Å². The van der Waals surface area contributed by atoms with Crippen LogP contribution in [0.4, 0.5) is 5.69 Å². The smallest absolute Gasteiger partial charge is 0.303 e. The molecule has 0 amide bonds. The van der Waals surface area contributed by atoms with Gasteiger partial charge in [-0.15, -0.1) is 17.0 Å². The van der Waals surface area contributed by atoms with Crippen molar-refractivity contribution in [1.29, 1.82) is 5.41 Å². The van der Waals surface area contributed by atoms with Gasteiger partial charge >= 0.3 is 5.97 Å². The Kier molecular flexibility index (Phi) is 7.74. The first-order valence-electron chi connectivity index (χ1n) is 12.1. The van der Waals surface area contributed by atoms with E-state index < -0.39 is 5.97 Å². The first kappa shape index (κ1) is 25.2. The summed E-state index contributed by atoms with van der Waals surface area (Å²) in [4.78, 5) is 32.8. The van der Waals surface area contributed by atoms with Crippen LogP contribution < -0.4 is 9.64 Å². The number of aromatic nitrogens is 1. The molecule has 2 fully saturated rings. The summed E-state index contributed by atoms with van der Waals surface area (Å²) < 4.78 is 5.82. The number of nitrogens with one attached hydrogen (secondary N) is 1. The second kappa shape index (κ2) is 10.8. The predicted molar refractivity (Wildman–Crippen MR) is 138 cm³/mol. The number of carboxylic acids is 1. The van der Waals surface area contributed by atoms with E-state index in [4.69, 9.17) is 20.2 Å². The van der Waals surface area contributed by atoms with Gasteiger partial charge in [-0.05, 0) is 50.3 Å². The number of carbonyl (C=O) groups is 2. The van der Waals surface area contributed by atoms with Gasteiger partial charge < -0.3 is 19.6 Å². The average molecular weight is 543 g/mol. The number of benzene rings is 1. The number of rotatable bonds is 10. The van der Waals surface area contributed by atoms with Crippen molar-refractivity contribution in [3.05, 3.63) is 52.8 Å². The summed E-state index contributed by atoms with van der Waals surface area (Å²) >= 11 is 0. The highest BCUT2D eigenvalue weighted by molar-refractivity contribution is 8.93. The monoisotopic (exact) mass is 542 g/mol. The van der Waals surface area contributed by atoms with Gasteiger partial charge in [0.15, 0.2) is 5.78 Å². The van der Waals surface area contributed by atoms with Crippen molar-refractivity contribution in [2.45, 2.75) is 51.0 Å². The van der Waals surface area contributed by atoms with Crippen LogP contribution in [0.3, 0.4) is 0 Å². The maximum Gasteiger partial charge on any atom is 0.303 e. The minimum atomic E-state index is -0.849. The van der Waals surface area contributed by atoms with Crippen LogP contribution in [0, 0.1) is 5.41 Å². The fourth-order valence-corrected chi connectivity index (χ4v) is 4.68. The van der Waals surface area contributed by atoms with E-state index in [0.717, 1.165) is 55.7 Å². The molecule has 186 valence electrons.